The summed E-state index contributed by atoms with van der Waals surface area (Å²) in [6, 6.07) is 3.71. The van der Waals surface area contributed by atoms with Gasteiger partial charge in [-0.25, -0.2) is 4.79 Å². The number of aliphatic carboxylic acids is 1. The number of carboxylic acid groups (broad SMARTS) is 2. The number of hydrogen-bond donors (Lipinski definition) is 2. The van der Waals surface area contributed by atoms with Crippen molar-refractivity contribution >= 4 is 22.8 Å². The molecule has 6 nitrogen and oxygen atoms in total. The molecule has 0 unspecified atom stereocenters. The van der Waals surface area contributed by atoms with Gasteiger partial charge in [0.25, 0.3) is 0 Å². The van der Waals surface area contributed by atoms with Crippen LogP contribution in [0.5, 0.6) is 0 Å². The second-order valence-electron chi connectivity index (χ2n) is 5.85. The Morgan fingerprint density at radius 3 is 2.64 bits per heavy atom. The van der Waals surface area contributed by atoms with Crippen LogP contribution < -0.4 is 0 Å². The first-order valence-electron chi connectivity index (χ1n) is 7.17. The summed E-state index contributed by atoms with van der Waals surface area (Å²) in [5, 5.41) is 19.6. The third-order valence-electron chi connectivity index (χ3n) is 4.32. The molecule has 2 aromatic rings. The molecule has 22 heavy (non-hydrogen) atoms. The van der Waals surface area contributed by atoms with Crippen molar-refractivity contribution in [2.24, 2.45) is 0 Å². The van der Waals surface area contributed by atoms with Crippen LogP contribution in [0, 0.1) is 6.92 Å². The van der Waals surface area contributed by atoms with Crippen LogP contribution in [0.25, 0.3) is 10.9 Å². The van der Waals surface area contributed by atoms with Crippen LogP contribution in [0.1, 0.15) is 27.2 Å². The van der Waals surface area contributed by atoms with Crippen molar-refractivity contribution in [2.45, 2.75) is 26.4 Å². The summed E-state index contributed by atoms with van der Waals surface area (Å²) in [4.78, 5) is 25.1. The molecule has 0 spiro atoms. The standard InChI is InChI=1S/C16H18N2O4/c1-9-3-4-10-11-7-17(2)6-5-12(11)18(8-13(19)20)15(10)14(9)16(21)22/h3-4H,5-8H2,1-2H3,(H,19,20)(H,21,22). The first-order valence-corrected chi connectivity index (χ1v) is 7.17. The Hall–Kier alpha value is -2.34. The van der Waals surface area contributed by atoms with E-state index >= 15 is 0 Å². The second-order valence-corrected chi connectivity index (χ2v) is 5.85. The Bertz CT molecular complexity index is 791. The maximum absolute atomic E-state index is 11.7. The van der Waals surface area contributed by atoms with E-state index in [1.807, 2.05) is 13.1 Å². The number of carbonyl (C=O) groups is 2. The van der Waals surface area contributed by atoms with Crippen molar-refractivity contribution in [2.75, 3.05) is 13.6 Å². The molecule has 0 fully saturated rings. The third kappa shape index (κ3) is 2.16. The van der Waals surface area contributed by atoms with Crippen LogP contribution in [-0.4, -0.2) is 45.2 Å². The first-order chi connectivity index (χ1) is 10.4. The molecular formula is C16H18N2O4. The number of aromatic carboxylic acids is 1. The molecule has 0 amide bonds. The van der Waals surface area contributed by atoms with Crippen molar-refractivity contribution in [3.63, 3.8) is 0 Å². The SMILES string of the molecule is Cc1ccc2c3c(n(CC(=O)O)c2c1C(=O)O)CCN(C)C3. The Morgan fingerprint density at radius 2 is 2.00 bits per heavy atom. The predicted molar refractivity (Wildman–Crippen MR) is 81.3 cm³/mol. The summed E-state index contributed by atoms with van der Waals surface area (Å²) >= 11 is 0. The minimum Gasteiger partial charge on any atom is -0.480 e. The number of hydrogen-bond acceptors (Lipinski definition) is 3. The molecule has 1 aliphatic heterocycles. The van der Waals surface area contributed by atoms with Crippen molar-refractivity contribution < 1.29 is 19.8 Å². The minimum atomic E-state index is -1.02. The molecule has 0 saturated carbocycles. The number of aromatic nitrogens is 1. The van der Waals surface area contributed by atoms with Crippen molar-refractivity contribution in [3.8, 4) is 0 Å². The van der Waals surface area contributed by atoms with E-state index in [2.05, 4.69) is 4.90 Å². The van der Waals surface area contributed by atoms with E-state index in [0.29, 0.717) is 17.6 Å². The number of likely N-dealkylation sites (N-methyl/N-ethyl adjacent to an activating group) is 1. The van der Waals surface area contributed by atoms with E-state index in [0.717, 1.165) is 29.6 Å². The molecule has 0 atom stereocenters. The number of nitrogens with zero attached hydrogens (tertiary/aromatic N) is 2. The fraction of sp³-hybridized carbons (Fsp3) is 0.375. The summed E-state index contributed by atoms with van der Waals surface area (Å²) in [7, 11) is 2.01. The maximum Gasteiger partial charge on any atom is 0.338 e. The number of fused-ring (bicyclic) bond motifs is 3. The maximum atomic E-state index is 11.7. The summed E-state index contributed by atoms with van der Waals surface area (Å²) in [5.41, 5.74) is 3.39. The van der Waals surface area contributed by atoms with Gasteiger partial charge in [-0.15, -0.1) is 0 Å². The fourth-order valence-electron chi connectivity index (χ4n) is 3.36. The van der Waals surface area contributed by atoms with E-state index in [9.17, 15) is 19.8 Å². The van der Waals surface area contributed by atoms with Gasteiger partial charge in [0, 0.05) is 30.6 Å². The molecule has 1 aromatic heterocycles. The summed E-state index contributed by atoms with van der Waals surface area (Å²) < 4.78 is 1.68. The zero-order chi connectivity index (χ0) is 16.0. The van der Waals surface area contributed by atoms with Crippen LogP contribution in [0.15, 0.2) is 12.1 Å². The first kappa shape index (κ1) is 14.6. The molecule has 1 aliphatic rings. The highest BCUT2D eigenvalue weighted by Crippen LogP contribution is 2.34. The zero-order valence-corrected chi connectivity index (χ0v) is 12.6. The highest BCUT2D eigenvalue weighted by atomic mass is 16.4. The highest BCUT2D eigenvalue weighted by molar-refractivity contribution is 6.05. The monoisotopic (exact) mass is 302 g/mol. The second kappa shape index (κ2) is 5.14. The van der Waals surface area contributed by atoms with Crippen LogP contribution in [0.3, 0.4) is 0 Å². The van der Waals surface area contributed by atoms with Gasteiger partial charge >= 0.3 is 11.9 Å². The van der Waals surface area contributed by atoms with Gasteiger partial charge in [-0.3, -0.25) is 4.79 Å². The highest BCUT2D eigenvalue weighted by Gasteiger charge is 2.27. The normalized spacial score (nSPS) is 15.0. The van der Waals surface area contributed by atoms with Gasteiger partial charge < -0.3 is 19.7 Å². The summed E-state index contributed by atoms with van der Waals surface area (Å²) in [6.45, 7) is 3.08. The van der Waals surface area contributed by atoms with E-state index in [-0.39, 0.29) is 12.1 Å². The molecule has 0 saturated heterocycles. The molecule has 1 aromatic carbocycles. The van der Waals surface area contributed by atoms with Gasteiger partial charge in [-0.05, 0) is 25.1 Å². The van der Waals surface area contributed by atoms with Crippen LogP contribution >= 0.6 is 0 Å². The lowest BCUT2D eigenvalue weighted by Crippen LogP contribution is -2.28. The van der Waals surface area contributed by atoms with Gasteiger partial charge in [0.05, 0.1) is 11.1 Å². The van der Waals surface area contributed by atoms with E-state index in [1.165, 1.54) is 0 Å². The molecule has 116 valence electrons. The van der Waals surface area contributed by atoms with E-state index in [1.54, 1.807) is 17.6 Å². The zero-order valence-electron chi connectivity index (χ0n) is 12.6. The quantitative estimate of drug-likeness (QED) is 0.902. The number of carboxylic acids is 2. The van der Waals surface area contributed by atoms with E-state index in [4.69, 9.17) is 0 Å². The third-order valence-corrected chi connectivity index (χ3v) is 4.32. The molecule has 0 aliphatic carbocycles. The average Bonchev–Trinajstić information content (AvgIpc) is 2.71. The number of benzene rings is 1. The molecule has 6 heteroatoms. The van der Waals surface area contributed by atoms with Gasteiger partial charge in [0.15, 0.2) is 0 Å². The summed E-state index contributed by atoms with van der Waals surface area (Å²) in [6.07, 6.45) is 0.728. The lowest BCUT2D eigenvalue weighted by atomic mass is 10.0. The summed E-state index contributed by atoms with van der Waals surface area (Å²) in [5.74, 6) is -1.98. The van der Waals surface area contributed by atoms with Gasteiger partial charge in [0.1, 0.15) is 6.54 Å². The molecule has 0 bridgehead atoms. The van der Waals surface area contributed by atoms with Crippen LogP contribution in [-0.2, 0) is 24.3 Å². The number of aryl methyl sites for hydroxylation is 1. The smallest absolute Gasteiger partial charge is 0.338 e. The fourth-order valence-corrected chi connectivity index (χ4v) is 3.36. The lowest BCUT2D eigenvalue weighted by molar-refractivity contribution is -0.137. The van der Waals surface area contributed by atoms with Gasteiger partial charge in [-0.2, -0.15) is 0 Å². The van der Waals surface area contributed by atoms with Crippen LogP contribution in [0.4, 0.5) is 0 Å². The van der Waals surface area contributed by atoms with Gasteiger partial charge in [0.2, 0.25) is 0 Å². The predicted octanol–water partition coefficient (Wildman–Crippen LogP) is 1.72. The molecule has 0 radical (unpaired) electrons. The van der Waals surface area contributed by atoms with Crippen molar-refractivity contribution in [1.82, 2.24) is 9.47 Å². The minimum absolute atomic E-state index is 0.204. The van der Waals surface area contributed by atoms with Crippen LogP contribution in [0.2, 0.25) is 0 Å². The largest absolute Gasteiger partial charge is 0.480 e. The Labute approximate surface area is 127 Å². The Balaban J connectivity index is 2.40. The topological polar surface area (TPSA) is 82.8 Å². The number of rotatable bonds is 3. The Morgan fingerprint density at radius 1 is 1.27 bits per heavy atom. The van der Waals surface area contributed by atoms with Crippen molar-refractivity contribution in [1.29, 1.82) is 0 Å². The van der Waals surface area contributed by atoms with E-state index < -0.39 is 11.9 Å². The Kier molecular flexibility index (Phi) is 3.41. The molecule has 2 N–H and O–H groups in total. The molecule has 3 rings (SSSR count). The van der Waals surface area contributed by atoms with Gasteiger partial charge in [-0.1, -0.05) is 12.1 Å². The molecule has 2 heterocycles. The average molecular weight is 302 g/mol. The van der Waals surface area contributed by atoms with Crippen molar-refractivity contribution in [3.05, 3.63) is 34.5 Å². The molecular weight excluding hydrogens is 284 g/mol. The lowest BCUT2D eigenvalue weighted by Gasteiger charge is -2.23.